The van der Waals surface area contributed by atoms with E-state index in [0.717, 1.165) is 11.4 Å². The van der Waals surface area contributed by atoms with Crippen molar-refractivity contribution in [2.75, 3.05) is 25.6 Å². The van der Waals surface area contributed by atoms with Gasteiger partial charge in [0.2, 0.25) is 10.0 Å². The van der Waals surface area contributed by atoms with Gasteiger partial charge in [0.25, 0.3) is 0 Å². The number of aromatic nitrogens is 2. The molecule has 0 amide bonds. The minimum absolute atomic E-state index is 0.0190. The first-order valence-electron chi connectivity index (χ1n) is 9.73. The van der Waals surface area contributed by atoms with E-state index in [2.05, 4.69) is 23.7 Å². The molecule has 1 saturated heterocycles. The van der Waals surface area contributed by atoms with Crippen molar-refractivity contribution in [3.63, 3.8) is 0 Å². The molecule has 0 saturated carbocycles. The maximum atomic E-state index is 11.9. The third kappa shape index (κ3) is 5.33. The minimum atomic E-state index is -3.25. The lowest BCUT2D eigenvalue weighted by Crippen LogP contribution is -2.47. The summed E-state index contributed by atoms with van der Waals surface area (Å²) in [6.45, 7) is 7.36. The van der Waals surface area contributed by atoms with E-state index in [-0.39, 0.29) is 17.7 Å². The van der Waals surface area contributed by atoms with Crippen LogP contribution in [-0.2, 0) is 14.8 Å². The number of sulfonamides is 1. The van der Waals surface area contributed by atoms with Crippen LogP contribution in [0.15, 0.2) is 36.7 Å². The lowest BCUT2D eigenvalue weighted by molar-refractivity contribution is 0.0186. The van der Waals surface area contributed by atoms with Gasteiger partial charge in [-0.2, -0.15) is 5.10 Å². The zero-order valence-electron chi connectivity index (χ0n) is 16.7. The van der Waals surface area contributed by atoms with Crippen LogP contribution in [0.25, 0.3) is 5.69 Å². The van der Waals surface area contributed by atoms with Crippen LogP contribution >= 0.6 is 0 Å². The van der Waals surface area contributed by atoms with Gasteiger partial charge in [0.05, 0.1) is 30.9 Å². The van der Waals surface area contributed by atoms with Crippen molar-refractivity contribution in [1.82, 2.24) is 14.5 Å². The second-order valence-electron chi connectivity index (χ2n) is 7.43. The number of ether oxygens (including phenoxy) is 2. The molecule has 1 aromatic carbocycles. The first kappa shape index (κ1) is 20.8. The van der Waals surface area contributed by atoms with Gasteiger partial charge in [-0.25, -0.2) is 17.8 Å². The summed E-state index contributed by atoms with van der Waals surface area (Å²) in [7, 11) is -3.25. The normalized spacial score (nSPS) is 20.4. The Labute approximate surface area is 167 Å². The highest BCUT2D eigenvalue weighted by molar-refractivity contribution is 7.89. The topological polar surface area (TPSA) is 82.5 Å². The zero-order chi connectivity index (χ0) is 20.1. The summed E-state index contributed by atoms with van der Waals surface area (Å²) in [5, 5.41) is 4.40. The van der Waals surface area contributed by atoms with Gasteiger partial charge in [-0.3, -0.25) is 0 Å². The third-order valence-electron chi connectivity index (χ3n) is 5.02. The number of benzene rings is 1. The molecule has 0 aliphatic carbocycles. The van der Waals surface area contributed by atoms with Crippen molar-refractivity contribution in [3.8, 4) is 11.4 Å². The van der Waals surface area contributed by atoms with E-state index in [1.54, 1.807) is 6.92 Å². The molecule has 1 aliphatic heterocycles. The van der Waals surface area contributed by atoms with E-state index < -0.39 is 10.0 Å². The molecule has 8 heteroatoms. The molecular formula is C20H29N3O4S. The third-order valence-corrected chi connectivity index (χ3v) is 6.44. The molecule has 28 heavy (non-hydrogen) atoms. The Morgan fingerprint density at radius 3 is 2.71 bits per heavy atom. The van der Waals surface area contributed by atoms with E-state index in [9.17, 15) is 8.42 Å². The molecule has 2 atom stereocenters. The second kappa shape index (κ2) is 9.07. The van der Waals surface area contributed by atoms with Crippen molar-refractivity contribution >= 4 is 10.0 Å². The largest absolute Gasteiger partial charge is 0.493 e. The summed E-state index contributed by atoms with van der Waals surface area (Å²) in [4.78, 5) is 0. The highest BCUT2D eigenvalue weighted by atomic mass is 32.2. The number of hydrogen-bond donors (Lipinski definition) is 1. The molecule has 1 aliphatic rings. The Morgan fingerprint density at radius 1 is 1.32 bits per heavy atom. The standard InChI is InChI=1S/C20H29N3O4S/c1-4-28(24,25)22-20-9-10-26-13-17(20)14-27-19-7-5-18(6-8-19)23-12-16(11-21-23)15(2)3/h5-8,11-12,15,17,20,22H,4,9-10,13-14H2,1-3H3. The molecule has 2 aromatic rings. The SMILES string of the molecule is CCS(=O)(=O)NC1CCOCC1COc1ccc(-n2cc(C(C)C)cn2)cc1. The maximum Gasteiger partial charge on any atom is 0.211 e. The van der Waals surface area contributed by atoms with Gasteiger partial charge in [-0.05, 0) is 49.1 Å². The Kier molecular flexibility index (Phi) is 6.74. The Hall–Kier alpha value is -1.90. The quantitative estimate of drug-likeness (QED) is 0.728. The molecule has 1 N–H and O–H groups in total. The first-order valence-corrected chi connectivity index (χ1v) is 11.4. The average Bonchev–Trinajstić information content (AvgIpc) is 3.18. The Bertz CT molecular complexity index is 862. The molecule has 2 unspecified atom stereocenters. The van der Waals surface area contributed by atoms with Crippen molar-refractivity contribution in [2.45, 2.75) is 39.2 Å². The number of hydrogen-bond acceptors (Lipinski definition) is 5. The van der Waals surface area contributed by atoms with Gasteiger partial charge >= 0.3 is 0 Å². The molecule has 1 fully saturated rings. The van der Waals surface area contributed by atoms with Crippen LogP contribution in [0.3, 0.4) is 0 Å². The highest BCUT2D eigenvalue weighted by Crippen LogP contribution is 2.21. The number of nitrogens with zero attached hydrogens (tertiary/aromatic N) is 2. The van der Waals surface area contributed by atoms with E-state index in [4.69, 9.17) is 9.47 Å². The van der Waals surface area contributed by atoms with Crippen LogP contribution in [0.2, 0.25) is 0 Å². The molecule has 3 rings (SSSR count). The summed E-state index contributed by atoms with van der Waals surface area (Å²) in [6, 6.07) is 7.57. The van der Waals surface area contributed by atoms with E-state index >= 15 is 0 Å². The lowest BCUT2D eigenvalue weighted by atomic mass is 9.98. The van der Waals surface area contributed by atoms with E-state index in [1.165, 1.54) is 5.56 Å². The summed E-state index contributed by atoms with van der Waals surface area (Å²) < 4.78 is 39.9. The fourth-order valence-corrected chi connectivity index (χ4v) is 4.04. The fourth-order valence-electron chi connectivity index (χ4n) is 3.10. The van der Waals surface area contributed by atoms with Crippen molar-refractivity contribution < 1.29 is 17.9 Å². The molecule has 0 spiro atoms. The highest BCUT2D eigenvalue weighted by Gasteiger charge is 2.29. The van der Waals surface area contributed by atoms with Crippen LogP contribution in [0.5, 0.6) is 5.75 Å². The Morgan fingerprint density at radius 2 is 2.07 bits per heavy atom. The maximum absolute atomic E-state index is 11.9. The first-order chi connectivity index (χ1) is 13.4. The number of nitrogens with one attached hydrogen (secondary N) is 1. The van der Waals surface area contributed by atoms with Gasteiger partial charge in [-0.1, -0.05) is 13.8 Å². The molecule has 0 radical (unpaired) electrons. The van der Waals surface area contributed by atoms with Gasteiger partial charge in [0.1, 0.15) is 5.75 Å². The van der Waals surface area contributed by atoms with Crippen molar-refractivity contribution in [3.05, 3.63) is 42.2 Å². The molecule has 0 bridgehead atoms. The van der Waals surface area contributed by atoms with Gasteiger partial charge < -0.3 is 9.47 Å². The lowest BCUT2D eigenvalue weighted by Gasteiger charge is -2.31. The van der Waals surface area contributed by atoms with Crippen LogP contribution < -0.4 is 9.46 Å². The van der Waals surface area contributed by atoms with E-state index in [1.807, 2.05) is 41.3 Å². The van der Waals surface area contributed by atoms with Crippen molar-refractivity contribution in [2.24, 2.45) is 5.92 Å². The van der Waals surface area contributed by atoms with Gasteiger partial charge in [0, 0.05) is 24.8 Å². The molecule has 1 aromatic heterocycles. The van der Waals surface area contributed by atoms with Crippen LogP contribution in [0, 0.1) is 5.92 Å². The van der Waals surface area contributed by atoms with E-state index in [0.29, 0.717) is 32.2 Å². The predicted octanol–water partition coefficient (Wildman–Crippen LogP) is 2.72. The summed E-state index contributed by atoms with van der Waals surface area (Å²) >= 11 is 0. The summed E-state index contributed by atoms with van der Waals surface area (Å²) in [5.74, 6) is 1.23. The number of rotatable bonds is 8. The van der Waals surface area contributed by atoms with Gasteiger partial charge in [-0.15, -0.1) is 0 Å². The average molecular weight is 408 g/mol. The van der Waals surface area contributed by atoms with Crippen LogP contribution in [-0.4, -0.2) is 49.8 Å². The molecule has 154 valence electrons. The minimum Gasteiger partial charge on any atom is -0.493 e. The second-order valence-corrected chi connectivity index (χ2v) is 9.47. The molecular weight excluding hydrogens is 378 g/mol. The smallest absolute Gasteiger partial charge is 0.211 e. The van der Waals surface area contributed by atoms with Gasteiger partial charge in [0.15, 0.2) is 0 Å². The summed E-state index contributed by atoms with van der Waals surface area (Å²) in [5.41, 5.74) is 2.16. The van der Waals surface area contributed by atoms with Crippen LogP contribution in [0.1, 0.15) is 38.7 Å². The zero-order valence-corrected chi connectivity index (χ0v) is 17.5. The molecule has 7 nitrogen and oxygen atoms in total. The molecule has 2 heterocycles. The summed E-state index contributed by atoms with van der Waals surface area (Å²) in [6.07, 6.45) is 4.57. The fraction of sp³-hybridized carbons (Fsp3) is 0.550. The van der Waals surface area contributed by atoms with Crippen molar-refractivity contribution in [1.29, 1.82) is 0 Å². The Balaban J connectivity index is 1.60. The van der Waals surface area contributed by atoms with Crippen LogP contribution in [0.4, 0.5) is 0 Å². The predicted molar refractivity (Wildman–Crippen MR) is 108 cm³/mol. The monoisotopic (exact) mass is 407 g/mol.